The van der Waals surface area contributed by atoms with Gasteiger partial charge in [-0.3, -0.25) is 9.69 Å². The Morgan fingerprint density at radius 1 is 1.62 bits per heavy atom. The molecule has 86 valence electrons. The van der Waals surface area contributed by atoms with E-state index in [1.807, 2.05) is 41.8 Å². The monoisotopic (exact) mass is 219 g/mol. The van der Waals surface area contributed by atoms with E-state index in [1.165, 1.54) is 0 Å². The minimum Gasteiger partial charge on any atom is -0.348 e. The SMILES string of the molecule is CCN(CCC#N)CC(=O)c1cccn1C. The first-order valence-electron chi connectivity index (χ1n) is 5.42. The predicted octanol–water partition coefficient (Wildman–Crippen LogP) is 1.44. The van der Waals surface area contributed by atoms with Gasteiger partial charge in [0.05, 0.1) is 18.3 Å². The van der Waals surface area contributed by atoms with Crippen LogP contribution >= 0.6 is 0 Å². The van der Waals surface area contributed by atoms with Crippen molar-refractivity contribution in [1.29, 1.82) is 5.26 Å². The van der Waals surface area contributed by atoms with Crippen LogP contribution in [0.5, 0.6) is 0 Å². The van der Waals surface area contributed by atoms with Crippen molar-refractivity contribution < 1.29 is 4.79 Å². The third-order valence-electron chi connectivity index (χ3n) is 2.58. The molecule has 16 heavy (non-hydrogen) atoms. The number of Topliss-reactive ketones (excluding diaryl/α,β-unsaturated/α-hetero) is 1. The molecule has 0 atom stereocenters. The lowest BCUT2D eigenvalue weighted by molar-refractivity contribution is 0.0927. The molecule has 0 bridgehead atoms. The number of likely N-dealkylation sites (N-methyl/N-ethyl adjacent to an activating group) is 1. The third-order valence-corrected chi connectivity index (χ3v) is 2.58. The maximum atomic E-state index is 11.9. The highest BCUT2D eigenvalue weighted by Gasteiger charge is 2.12. The van der Waals surface area contributed by atoms with Crippen molar-refractivity contribution in [2.75, 3.05) is 19.6 Å². The quantitative estimate of drug-likeness (QED) is 0.680. The fourth-order valence-electron chi connectivity index (χ4n) is 1.59. The molecule has 0 spiro atoms. The van der Waals surface area contributed by atoms with Crippen molar-refractivity contribution in [2.45, 2.75) is 13.3 Å². The van der Waals surface area contributed by atoms with Gasteiger partial charge in [0.2, 0.25) is 0 Å². The van der Waals surface area contributed by atoms with Gasteiger partial charge in [0.1, 0.15) is 0 Å². The number of aryl methyl sites for hydroxylation is 1. The lowest BCUT2D eigenvalue weighted by Gasteiger charge is -2.17. The molecule has 1 rings (SSSR count). The van der Waals surface area contributed by atoms with E-state index in [2.05, 4.69) is 6.07 Å². The number of aromatic nitrogens is 1. The molecule has 0 N–H and O–H groups in total. The Hall–Kier alpha value is -1.60. The zero-order chi connectivity index (χ0) is 12.0. The van der Waals surface area contributed by atoms with Crippen LogP contribution in [0.1, 0.15) is 23.8 Å². The van der Waals surface area contributed by atoms with E-state index in [1.54, 1.807) is 0 Å². The first-order chi connectivity index (χ1) is 7.69. The van der Waals surface area contributed by atoms with E-state index < -0.39 is 0 Å². The van der Waals surface area contributed by atoms with Gasteiger partial charge in [-0.25, -0.2) is 0 Å². The normalized spacial score (nSPS) is 10.4. The van der Waals surface area contributed by atoms with Crippen LogP contribution in [0, 0.1) is 11.3 Å². The molecule has 0 fully saturated rings. The fourth-order valence-corrected chi connectivity index (χ4v) is 1.59. The second-order valence-corrected chi connectivity index (χ2v) is 3.70. The number of nitrogens with zero attached hydrogens (tertiary/aromatic N) is 3. The van der Waals surface area contributed by atoms with Crippen molar-refractivity contribution in [3.05, 3.63) is 24.0 Å². The van der Waals surface area contributed by atoms with E-state index in [4.69, 9.17) is 5.26 Å². The zero-order valence-electron chi connectivity index (χ0n) is 9.81. The summed E-state index contributed by atoms with van der Waals surface area (Å²) >= 11 is 0. The van der Waals surface area contributed by atoms with Gasteiger partial charge in [-0.1, -0.05) is 6.92 Å². The van der Waals surface area contributed by atoms with E-state index >= 15 is 0 Å². The molecule has 1 aromatic heterocycles. The average molecular weight is 219 g/mol. The molecule has 4 nitrogen and oxygen atoms in total. The largest absolute Gasteiger partial charge is 0.348 e. The summed E-state index contributed by atoms with van der Waals surface area (Å²) < 4.78 is 1.82. The number of ketones is 1. The molecular weight excluding hydrogens is 202 g/mol. The Morgan fingerprint density at radius 2 is 2.38 bits per heavy atom. The summed E-state index contributed by atoms with van der Waals surface area (Å²) in [6.45, 7) is 3.83. The maximum Gasteiger partial charge on any atom is 0.193 e. The Labute approximate surface area is 96.1 Å². The average Bonchev–Trinajstić information content (AvgIpc) is 2.70. The molecule has 0 radical (unpaired) electrons. The van der Waals surface area contributed by atoms with Crippen molar-refractivity contribution in [1.82, 2.24) is 9.47 Å². The van der Waals surface area contributed by atoms with Gasteiger partial charge in [-0.2, -0.15) is 5.26 Å². The van der Waals surface area contributed by atoms with Gasteiger partial charge in [0.25, 0.3) is 0 Å². The molecule has 4 heteroatoms. The van der Waals surface area contributed by atoms with E-state index in [-0.39, 0.29) is 5.78 Å². The maximum absolute atomic E-state index is 11.9. The fraction of sp³-hybridized carbons (Fsp3) is 0.500. The topological polar surface area (TPSA) is 49.0 Å². The Kier molecular flexibility index (Phi) is 4.74. The van der Waals surface area contributed by atoms with Gasteiger partial charge < -0.3 is 4.57 Å². The summed E-state index contributed by atoms with van der Waals surface area (Å²) in [4.78, 5) is 13.9. The first kappa shape index (κ1) is 12.5. The summed E-state index contributed by atoms with van der Waals surface area (Å²) in [6.07, 6.45) is 2.33. The Bertz CT molecular complexity index is 389. The molecular formula is C12H17N3O. The van der Waals surface area contributed by atoms with Gasteiger partial charge in [0, 0.05) is 26.2 Å². The van der Waals surface area contributed by atoms with E-state index in [0.29, 0.717) is 19.5 Å². The predicted molar refractivity (Wildman–Crippen MR) is 62.1 cm³/mol. The molecule has 0 saturated carbocycles. The molecule has 0 aliphatic carbocycles. The minimum absolute atomic E-state index is 0.104. The molecule has 0 aliphatic rings. The van der Waals surface area contributed by atoms with Crippen LogP contribution in [0.2, 0.25) is 0 Å². The second-order valence-electron chi connectivity index (χ2n) is 3.70. The number of hydrogen-bond acceptors (Lipinski definition) is 3. The summed E-state index contributed by atoms with van der Waals surface area (Å²) in [7, 11) is 1.86. The highest BCUT2D eigenvalue weighted by molar-refractivity contribution is 5.96. The van der Waals surface area contributed by atoms with Gasteiger partial charge in [-0.15, -0.1) is 0 Å². The van der Waals surface area contributed by atoms with Gasteiger partial charge in [-0.05, 0) is 18.7 Å². The van der Waals surface area contributed by atoms with Crippen LogP contribution in [0.25, 0.3) is 0 Å². The minimum atomic E-state index is 0.104. The number of carbonyl (C=O) groups is 1. The lowest BCUT2D eigenvalue weighted by atomic mass is 10.2. The summed E-state index contributed by atoms with van der Waals surface area (Å²) in [5, 5.41) is 8.51. The zero-order valence-corrected chi connectivity index (χ0v) is 9.81. The van der Waals surface area contributed by atoms with Crippen molar-refractivity contribution in [2.24, 2.45) is 7.05 Å². The third kappa shape index (κ3) is 3.21. The molecule has 0 unspecified atom stereocenters. The van der Waals surface area contributed by atoms with Crippen LogP contribution in [-0.2, 0) is 7.05 Å². The number of hydrogen-bond donors (Lipinski definition) is 0. The summed E-state index contributed by atoms with van der Waals surface area (Å²) in [5.74, 6) is 0.104. The highest BCUT2D eigenvalue weighted by atomic mass is 16.1. The number of nitriles is 1. The molecule has 1 aromatic rings. The lowest BCUT2D eigenvalue weighted by Crippen LogP contribution is -2.31. The smallest absolute Gasteiger partial charge is 0.193 e. The number of rotatable bonds is 6. The van der Waals surface area contributed by atoms with Crippen molar-refractivity contribution in [3.63, 3.8) is 0 Å². The van der Waals surface area contributed by atoms with Crippen molar-refractivity contribution >= 4 is 5.78 Å². The Balaban J connectivity index is 2.56. The van der Waals surface area contributed by atoms with Gasteiger partial charge >= 0.3 is 0 Å². The van der Waals surface area contributed by atoms with Crippen molar-refractivity contribution in [3.8, 4) is 6.07 Å². The highest BCUT2D eigenvalue weighted by Crippen LogP contribution is 2.03. The van der Waals surface area contributed by atoms with E-state index in [0.717, 1.165) is 12.2 Å². The molecule has 1 heterocycles. The molecule has 0 aromatic carbocycles. The molecule has 0 saturated heterocycles. The summed E-state index contributed by atoms with van der Waals surface area (Å²) in [6, 6.07) is 5.77. The first-order valence-corrected chi connectivity index (χ1v) is 5.42. The molecule has 0 aliphatic heterocycles. The van der Waals surface area contributed by atoms with Crippen LogP contribution in [0.4, 0.5) is 0 Å². The Morgan fingerprint density at radius 3 is 2.88 bits per heavy atom. The number of carbonyl (C=O) groups excluding carboxylic acids is 1. The van der Waals surface area contributed by atoms with Crippen LogP contribution in [-0.4, -0.2) is 34.9 Å². The second kappa shape index (κ2) is 6.09. The van der Waals surface area contributed by atoms with Gasteiger partial charge in [0.15, 0.2) is 5.78 Å². The molecule has 0 amide bonds. The standard InChI is InChI=1S/C12H17N3O/c1-3-15(9-5-7-13)10-12(16)11-6-4-8-14(11)2/h4,6,8H,3,5,9-10H2,1-2H3. The van der Waals surface area contributed by atoms with Crippen LogP contribution < -0.4 is 0 Å². The van der Waals surface area contributed by atoms with Crippen LogP contribution in [0.3, 0.4) is 0 Å². The summed E-state index contributed by atoms with van der Waals surface area (Å²) in [5.41, 5.74) is 0.718. The van der Waals surface area contributed by atoms with Crippen LogP contribution in [0.15, 0.2) is 18.3 Å². The van der Waals surface area contributed by atoms with E-state index in [9.17, 15) is 4.79 Å².